The number of furan rings is 1. The second kappa shape index (κ2) is 7.92. The van der Waals surface area contributed by atoms with Gasteiger partial charge in [-0.05, 0) is 43.8 Å². The van der Waals surface area contributed by atoms with Crippen LogP contribution < -0.4 is 16.2 Å². The highest BCUT2D eigenvalue weighted by Crippen LogP contribution is 2.25. The number of carbonyl (C=O) groups excluding carboxylic acids is 1. The highest BCUT2D eigenvalue weighted by atomic mass is 32.1. The normalized spacial score (nSPS) is 10.6. The maximum Gasteiger partial charge on any atom is 0.305 e. The van der Waals surface area contributed by atoms with E-state index in [0.717, 1.165) is 25.8 Å². The van der Waals surface area contributed by atoms with Gasteiger partial charge in [-0.15, -0.1) is 0 Å². The molecule has 5 nitrogen and oxygen atoms in total. The van der Waals surface area contributed by atoms with Gasteiger partial charge in [-0.25, -0.2) is 4.39 Å². The summed E-state index contributed by atoms with van der Waals surface area (Å²) in [6.07, 6.45) is 3.27. The second-order valence-corrected chi connectivity index (χ2v) is 5.65. The number of benzene rings is 1. The summed E-state index contributed by atoms with van der Waals surface area (Å²) in [4.78, 5) is 12.2. The summed E-state index contributed by atoms with van der Waals surface area (Å²) < 4.78 is 18.8. The summed E-state index contributed by atoms with van der Waals surface area (Å²) in [6, 6.07) is 4.14. The number of fused-ring (bicyclic) bond motifs is 1. The average molecular weight is 337 g/mol. The molecule has 1 amide bonds. The number of thiocarbonyl (C=S) groups is 1. The Bertz CT molecular complexity index is 715. The molecule has 0 saturated heterocycles. The standard InChI is InChI=1S/C16H20FN3O2S/c1-3-4-5-8-18-16(23)20-19-15(21)14-10(2)12-9-11(17)6-7-13(12)22-14/h6-7,9H,3-5,8H2,1-2H3,(H,19,21)(H2,18,20,23). The highest BCUT2D eigenvalue weighted by molar-refractivity contribution is 7.80. The van der Waals surface area contributed by atoms with Crippen LogP contribution in [0, 0.1) is 12.7 Å². The van der Waals surface area contributed by atoms with Crippen LogP contribution in [0.4, 0.5) is 4.39 Å². The Hall–Kier alpha value is -2.15. The molecule has 124 valence electrons. The first kappa shape index (κ1) is 17.2. The molecule has 0 aliphatic carbocycles. The van der Waals surface area contributed by atoms with E-state index in [4.69, 9.17) is 16.6 Å². The van der Waals surface area contributed by atoms with Gasteiger partial charge in [-0.1, -0.05) is 19.8 Å². The van der Waals surface area contributed by atoms with Gasteiger partial charge in [-0.3, -0.25) is 15.6 Å². The molecule has 1 aromatic heterocycles. The third-order valence-electron chi connectivity index (χ3n) is 3.46. The van der Waals surface area contributed by atoms with Gasteiger partial charge in [-0.2, -0.15) is 0 Å². The van der Waals surface area contributed by atoms with Gasteiger partial charge >= 0.3 is 5.91 Å². The quantitative estimate of drug-likeness (QED) is 0.444. The number of hydrogen-bond donors (Lipinski definition) is 3. The molecule has 2 rings (SSSR count). The first-order valence-electron chi connectivity index (χ1n) is 7.55. The van der Waals surface area contributed by atoms with Crippen LogP contribution in [0.3, 0.4) is 0 Å². The van der Waals surface area contributed by atoms with Crippen molar-refractivity contribution in [3.63, 3.8) is 0 Å². The van der Waals surface area contributed by atoms with Crippen molar-refractivity contribution in [3.8, 4) is 0 Å². The number of aryl methyl sites for hydroxylation is 1. The van der Waals surface area contributed by atoms with Crippen molar-refractivity contribution in [3.05, 3.63) is 35.3 Å². The molecule has 2 aromatic rings. The molecule has 0 aliphatic rings. The van der Waals surface area contributed by atoms with E-state index >= 15 is 0 Å². The molecule has 0 atom stereocenters. The maximum absolute atomic E-state index is 13.3. The number of hydrazine groups is 1. The van der Waals surface area contributed by atoms with Gasteiger partial charge in [0.05, 0.1) is 0 Å². The van der Waals surface area contributed by atoms with E-state index in [0.29, 0.717) is 21.6 Å². The van der Waals surface area contributed by atoms with Crippen LogP contribution >= 0.6 is 12.2 Å². The van der Waals surface area contributed by atoms with Gasteiger partial charge in [0, 0.05) is 17.5 Å². The lowest BCUT2D eigenvalue weighted by molar-refractivity contribution is 0.0917. The summed E-state index contributed by atoms with van der Waals surface area (Å²) >= 11 is 5.07. The zero-order valence-electron chi connectivity index (χ0n) is 13.2. The molecule has 3 N–H and O–H groups in total. The van der Waals surface area contributed by atoms with Crippen molar-refractivity contribution < 1.29 is 13.6 Å². The molecule has 23 heavy (non-hydrogen) atoms. The zero-order chi connectivity index (χ0) is 16.8. The largest absolute Gasteiger partial charge is 0.451 e. The number of halogens is 1. The number of rotatable bonds is 5. The Morgan fingerprint density at radius 3 is 2.83 bits per heavy atom. The van der Waals surface area contributed by atoms with Gasteiger partial charge in [0.15, 0.2) is 10.9 Å². The Kier molecular flexibility index (Phi) is 5.92. The third kappa shape index (κ3) is 4.41. The lowest BCUT2D eigenvalue weighted by Gasteiger charge is -2.10. The number of unbranched alkanes of at least 4 members (excludes halogenated alkanes) is 2. The summed E-state index contributed by atoms with van der Waals surface area (Å²) in [7, 11) is 0. The molecule has 0 fully saturated rings. The minimum Gasteiger partial charge on any atom is -0.451 e. The SMILES string of the molecule is CCCCCNC(=S)NNC(=O)c1oc2ccc(F)cc2c1C. The Labute approximate surface area is 139 Å². The van der Waals surface area contributed by atoms with Crippen molar-refractivity contribution in [2.24, 2.45) is 0 Å². The number of hydrogen-bond acceptors (Lipinski definition) is 3. The van der Waals surface area contributed by atoms with Gasteiger partial charge in [0.2, 0.25) is 0 Å². The molecule has 1 heterocycles. The molecular weight excluding hydrogens is 317 g/mol. The fourth-order valence-corrected chi connectivity index (χ4v) is 2.35. The lowest BCUT2D eigenvalue weighted by atomic mass is 10.1. The molecule has 7 heteroatoms. The van der Waals surface area contributed by atoms with E-state index in [1.165, 1.54) is 18.2 Å². The molecule has 0 aliphatic heterocycles. The van der Waals surface area contributed by atoms with Crippen LogP contribution in [0.2, 0.25) is 0 Å². The van der Waals surface area contributed by atoms with Crippen molar-refractivity contribution in [2.75, 3.05) is 6.54 Å². The summed E-state index contributed by atoms with van der Waals surface area (Å²) in [6.45, 7) is 4.58. The summed E-state index contributed by atoms with van der Waals surface area (Å²) in [5.74, 6) is -0.701. The summed E-state index contributed by atoms with van der Waals surface area (Å²) in [5, 5.41) is 3.92. The van der Waals surface area contributed by atoms with E-state index in [1.807, 2.05) is 0 Å². The van der Waals surface area contributed by atoms with Crippen LogP contribution in [0.15, 0.2) is 22.6 Å². The first-order valence-corrected chi connectivity index (χ1v) is 7.96. The van der Waals surface area contributed by atoms with E-state index < -0.39 is 5.91 Å². The van der Waals surface area contributed by atoms with Gasteiger partial charge < -0.3 is 9.73 Å². The number of nitrogens with one attached hydrogen (secondary N) is 3. The fraction of sp³-hybridized carbons (Fsp3) is 0.375. The van der Waals surface area contributed by atoms with E-state index in [2.05, 4.69) is 23.1 Å². The Balaban J connectivity index is 1.93. The minimum absolute atomic E-state index is 0.131. The molecule has 0 spiro atoms. The highest BCUT2D eigenvalue weighted by Gasteiger charge is 2.18. The van der Waals surface area contributed by atoms with E-state index in [1.54, 1.807) is 6.92 Å². The average Bonchev–Trinajstić information content (AvgIpc) is 2.86. The topological polar surface area (TPSA) is 66.3 Å². The molecular formula is C16H20FN3O2S. The van der Waals surface area contributed by atoms with Gasteiger partial charge in [0.1, 0.15) is 11.4 Å². The molecule has 0 unspecified atom stereocenters. The molecule has 0 bridgehead atoms. The lowest BCUT2D eigenvalue weighted by Crippen LogP contribution is -2.47. The Morgan fingerprint density at radius 1 is 1.30 bits per heavy atom. The van der Waals surface area contributed by atoms with Crippen molar-refractivity contribution in [2.45, 2.75) is 33.1 Å². The zero-order valence-corrected chi connectivity index (χ0v) is 14.0. The maximum atomic E-state index is 13.3. The van der Waals surface area contributed by atoms with Gasteiger partial charge in [0.25, 0.3) is 0 Å². The van der Waals surface area contributed by atoms with Crippen molar-refractivity contribution in [1.82, 2.24) is 16.2 Å². The third-order valence-corrected chi connectivity index (χ3v) is 3.71. The predicted octanol–water partition coefficient (Wildman–Crippen LogP) is 3.18. The summed E-state index contributed by atoms with van der Waals surface area (Å²) in [5.41, 5.74) is 6.15. The molecule has 0 radical (unpaired) electrons. The van der Waals surface area contributed by atoms with Crippen molar-refractivity contribution in [1.29, 1.82) is 0 Å². The fourth-order valence-electron chi connectivity index (χ4n) is 2.20. The van der Waals surface area contributed by atoms with Crippen LogP contribution in [-0.2, 0) is 0 Å². The smallest absolute Gasteiger partial charge is 0.305 e. The van der Waals surface area contributed by atoms with Crippen molar-refractivity contribution >= 4 is 34.2 Å². The van der Waals surface area contributed by atoms with Crippen LogP contribution in [0.25, 0.3) is 11.0 Å². The molecule has 0 saturated carbocycles. The van der Waals surface area contributed by atoms with Crippen LogP contribution in [0.1, 0.15) is 42.3 Å². The Morgan fingerprint density at radius 2 is 2.09 bits per heavy atom. The molecule has 1 aromatic carbocycles. The second-order valence-electron chi connectivity index (χ2n) is 5.24. The monoisotopic (exact) mass is 337 g/mol. The first-order chi connectivity index (χ1) is 11.0. The van der Waals surface area contributed by atoms with E-state index in [-0.39, 0.29) is 11.6 Å². The van der Waals surface area contributed by atoms with E-state index in [9.17, 15) is 9.18 Å². The minimum atomic E-state index is -0.461. The van der Waals surface area contributed by atoms with Crippen LogP contribution in [-0.4, -0.2) is 17.6 Å². The van der Waals surface area contributed by atoms with Crippen LogP contribution in [0.5, 0.6) is 0 Å². The predicted molar refractivity (Wildman–Crippen MR) is 91.6 cm³/mol. The number of carbonyl (C=O) groups is 1. The number of amides is 1.